The van der Waals surface area contributed by atoms with Crippen molar-refractivity contribution in [2.75, 3.05) is 13.1 Å². The fourth-order valence-corrected chi connectivity index (χ4v) is 2.23. The van der Waals surface area contributed by atoms with Crippen molar-refractivity contribution in [1.29, 1.82) is 0 Å². The summed E-state index contributed by atoms with van der Waals surface area (Å²) in [5.74, 6) is 1.23. The Hall–Kier alpha value is -0.830. The standard InChI is InChI=1S/C14H27N3/c1-3-4-5-6-7-8-9-10-14-16-11-12-17(14)13(2)15/h3-4,13H,5-12,15H2,1-2H3/b4-3+. The molecule has 0 amide bonds. The summed E-state index contributed by atoms with van der Waals surface area (Å²) in [7, 11) is 0. The minimum absolute atomic E-state index is 0.117. The maximum Gasteiger partial charge on any atom is 0.100 e. The minimum Gasteiger partial charge on any atom is -0.343 e. The van der Waals surface area contributed by atoms with Crippen LogP contribution in [0.5, 0.6) is 0 Å². The van der Waals surface area contributed by atoms with Gasteiger partial charge in [0.15, 0.2) is 0 Å². The van der Waals surface area contributed by atoms with Crippen LogP contribution in [0, 0.1) is 0 Å². The number of nitrogens with zero attached hydrogens (tertiary/aromatic N) is 2. The molecule has 0 fully saturated rings. The lowest BCUT2D eigenvalue weighted by Gasteiger charge is -2.24. The Labute approximate surface area is 106 Å². The van der Waals surface area contributed by atoms with E-state index in [1.807, 2.05) is 6.92 Å². The molecule has 0 spiro atoms. The van der Waals surface area contributed by atoms with Gasteiger partial charge in [-0.05, 0) is 33.1 Å². The molecule has 1 rings (SSSR count). The summed E-state index contributed by atoms with van der Waals surface area (Å²) in [5, 5.41) is 0. The Morgan fingerprint density at radius 2 is 2.12 bits per heavy atom. The molecule has 0 saturated carbocycles. The predicted molar refractivity (Wildman–Crippen MR) is 75.2 cm³/mol. The maximum absolute atomic E-state index is 5.91. The number of hydrogen-bond acceptors (Lipinski definition) is 3. The molecule has 3 nitrogen and oxygen atoms in total. The van der Waals surface area contributed by atoms with Crippen LogP contribution in [-0.4, -0.2) is 30.0 Å². The first-order chi connectivity index (χ1) is 8.25. The van der Waals surface area contributed by atoms with Gasteiger partial charge in [0.2, 0.25) is 0 Å². The second kappa shape index (κ2) is 8.29. The van der Waals surface area contributed by atoms with Crippen molar-refractivity contribution in [3.63, 3.8) is 0 Å². The van der Waals surface area contributed by atoms with Gasteiger partial charge in [0.25, 0.3) is 0 Å². The molecule has 0 saturated heterocycles. The van der Waals surface area contributed by atoms with Crippen LogP contribution >= 0.6 is 0 Å². The van der Waals surface area contributed by atoms with E-state index in [1.165, 1.54) is 37.9 Å². The zero-order valence-electron chi connectivity index (χ0n) is 11.4. The smallest absolute Gasteiger partial charge is 0.100 e. The zero-order chi connectivity index (χ0) is 12.5. The van der Waals surface area contributed by atoms with Crippen molar-refractivity contribution >= 4 is 5.84 Å². The van der Waals surface area contributed by atoms with E-state index in [2.05, 4.69) is 29.0 Å². The Morgan fingerprint density at radius 3 is 2.82 bits per heavy atom. The van der Waals surface area contributed by atoms with Crippen LogP contribution in [-0.2, 0) is 0 Å². The molecule has 1 unspecified atom stereocenters. The van der Waals surface area contributed by atoms with Crippen molar-refractivity contribution in [3.05, 3.63) is 12.2 Å². The second-order valence-corrected chi connectivity index (χ2v) is 4.75. The number of unbranched alkanes of at least 4 members (excludes halogenated alkanes) is 4. The van der Waals surface area contributed by atoms with Gasteiger partial charge in [0, 0.05) is 13.0 Å². The van der Waals surface area contributed by atoms with E-state index in [-0.39, 0.29) is 6.17 Å². The lowest BCUT2D eigenvalue weighted by molar-refractivity contribution is 0.359. The van der Waals surface area contributed by atoms with Gasteiger partial charge in [0.1, 0.15) is 5.84 Å². The van der Waals surface area contributed by atoms with E-state index in [4.69, 9.17) is 5.73 Å². The number of hydrogen-bond donors (Lipinski definition) is 1. The predicted octanol–water partition coefficient (Wildman–Crippen LogP) is 2.92. The van der Waals surface area contributed by atoms with Gasteiger partial charge < -0.3 is 10.6 Å². The zero-order valence-corrected chi connectivity index (χ0v) is 11.4. The third kappa shape index (κ3) is 5.35. The molecule has 0 aliphatic carbocycles. The first-order valence-electron chi connectivity index (χ1n) is 6.92. The van der Waals surface area contributed by atoms with Crippen LogP contribution in [0.2, 0.25) is 0 Å². The molecule has 98 valence electrons. The van der Waals surface area contributed by atoms with Crippen LogP contribution < -0.4 is 5.73 Å². The molecule has 0 aromatic carbocycles. The van der Waals surface area contributed by atoms with Crippen molar-refractivity contribution in [2.24, 2.45) is 10.7 Å². The van der Waals surface area contributed by atoms with E-state index in [9.17, 15) is 0 Å². The minimum atomic E-state index is 0.117. The van der Waals surface area contributed by atoms with E-state index in [0.717, 1.165) is 19.5 Å². The molecule has 0 aromatic rings. The average molecular weight is 237 g/mol. The van der Waals surface area contributed by atoms with Crippen LogP contribution in [0.1, 0.15) is 52.4 Å². The fourth-order valence-electron chi connectivity index (χ4n) is 2.23. The summed E-state index contributed by atoms with van der Waals surface area (Å²) >= 11 is 0. The van der Waals surface area contributed by atoms with Gasteiger partial charge in [-0.25, -0.2) is 0 Å². The normalized spacial score (nSPS) is 17.8. The number of allylic oxidation sites excluding steroid dienone is 2. The number of nitrogens with two attached hydrogens (primary N) is 1. The number of amidine groups is 1. The summed E-state index contributed by atoms with van der Waals surface area (Å²) in [6, 6.07) is 0. The van der Waals surface area contributed by atoms with Crippen molar-refractivity contribution in [2.45, 2.75) is 58.5 Å². The Morgan fingerprint density at radius 1 is 1.35 bits per heavy atom. The van der Waals surface area contributed by atoms with Gasteiger partial charge in [-0.1, -0.05) is 25.0 Å². The molecule has 0 bridgehead atoms. The SMILES string of the molecule is C/C=C/CCCCCCC1=NCCN1C(C)N. The van der Waals surface area contributed by atoms with Crippen molar-refractivity contribution in [3.8, 4) is 0 Å². The third-order valence-electron chi connectivity index (χ3n) is 3.22. The molecular weight excluding hydrogens is 210 g/mol. The van der Waals surface area contributed by atoms with Gasteiger partial charge in [-0.2, -0.15) is 0 Å². The molecule has 2 N–H and O–H groups in total. The first-order valence-corrected chi connectivity index (χ1v) is 6.92. The summed E-state index contributed by atoms with van der Waals surface area (Å²) in [4.78, 5) is 6.77. The largest absolute Gasteiger partial charge is 0.343 e. The van der Waals surface area contributed by atoms with Gasteiger partial charge in [0.05, 0.1) is 12.7 Å². The summed E-state index contributed by atoms with van der Waals surface area (Å²) < 4.78 is 0. The van der Waals surface area contributed by atoms with Gasteiger partial charge in [-0.15, -0.1) is 0 Å². The van der Waals surface area contributed by atoms with Crippen LogP contribution in [0.15, 0.2) is 17.1 Å². The Kier molecular flexibility index (Phi) is 6.94. The number of rotatable bonds is 8. The molecular formula is C14H27N3. The van der Waals surface area contributed by atoms with E-state index >= 15 is 0 Å². The highest BCUT2D eigenvalue weighted by molar-refractivity contribution is 5.83. The Bertz CT molecular complexity index is 256. The first kappa shape index (κ1) is 14.2. The monoisotopic (exact) mass is 237 g/mol. The molecule has 1 atom stereocenters. The molecule has 1 aliphatic heterocycles. The molecule has 1 aliphatic rings. The summed E-state index contributed by atoms with van der Waals surface area (Å²) in [6.07, 6.45) is 12.0. The van der Waals surface area contributed by atoms with Crippen molar-refractivity contribution in [1.82, 2.24) is 4.90 Å². The van der Waals surface area contributed by atoms with Crippen molar-refractivity contribution < 1.29 is 0 Å². The summed E-state index contributed by atoms with van der Waals surface area (Å²) in [6.45, 7) is 6.06. The third-order valence-corrected chi connectivity index (χ3v) is 3.22. The topological polar surface area (TPSA) is 41.6 Å². The molecule has 0 aromatic heterocycles. The average Bonchev–Trinajstić information content (AvgIpc) is 2.76. The molecule has 3 heteroatoms. The van der Waals surface area contributed by atoms with E-state index in [0.29, 0.717) is 0 Å². The fraction of sp³-hybridized carbons (Fsp3) is 0.786. The Balaban J connectivity index is 2.06. The maximum atomic E-state index is 5.91. The second-order valence-electron chi connectivity index (χ2n) is 4.75. The van der Waals surface area contributed by atoms with Crippen LogP contribution in [0.4, 0.5) is 0 Å². The summed E-state index contributed by atoms with van der Waals surface area (Å²) in [5.41, 5.74) is 5.91. The molecule has 17 heavy (non-hydrogen) atoms. The number of aliphatic imine (C=N–C) groups is 1. The van der Waals surface area contributed by atoms with Crippen LogP contribution in [0.25, 0.3) is 0 Å². The quantitative estimate of drug-likeness (QED) is 0.521. The highest BCUT2D eigenvalue weighted by Crippen LogP contribution is 2.12. The lowest BCUT2D eigenvalue weighted by atomic mass is 10.1. The van der Waals surface area contributed by atoms with E-state index < -0.39 is 0 Å². The molecule has 1 heterocycles. The molecule has 0 radical (unpaired) electrons. The van der Waals surface area contributed by atoms with E-state index in [1.54, 1.807) is 0 Å². The highest BCUT2D eigenvalue weighted by Gasteiger charge is 2.18. The van der Waals surface area contributed by atoms with Gasteiger partial charge in [-0.3, -0.25) is 4.99 Å². The van der Waals surface area contributed by atoms with Gasteiger partial charge >= 0.3 is 0 Å². The highest BCUT2D eigenvalue weighted by atomic mass is 15.3. The van der Waals surface area contributed by atoms with Crippen LogP contribution in [0.3, 0.4) is 0 Å². The lowest BCUT2D eigenvalue weighted by Crippen LogP contribution is -2.41.